The SMILES string of the molecule is C/C(=C\c1ccco1)CNCc1cccnc1N1CCOCC1. The van der Waals surface area contributed by atoms with E-state index >= 15 is 0 Å². The number of hydrogen-bond acceptors (Lipinski definition) is 5. The van der Waals surface area contributed by atoms with Crippen LogP contribution in [0, 0.1) is 0 Å². The molecule has 23 heavy (non-hydrogen) atoms. The summed E-state index contributed by atoms with van der Waals surface area (Å²) in [5.74, 6) is 1.95. The van der Waals surface area contributed by atoms with Gasteiger partial charge in [0.1, 0.15) is 11.6 Å². The highest BCUT2D eigenvalue weighted by atomic mass is 16.5. The molecule has 0 radical (unpaired) electrons. The summed E-state index contributed by atoms with van der Waals surface area (Å²) in [6.45, 7) is 7.06. The van der Waals surface area contributed by atoms with Crippen LogP contribution in [0.15, 0.2) is 46.7 Å². The quantitative estimate of drug-likeness (QED) is 0.888. The van der Waals surface area contributed by atoms with Crippen LogP contribution in [0.5, 0.6) is 0 Å². The molecule has 1 N–H and O–H groups in total. The van der Waals surface area contributed by atoms with E-state index in [1.807, 2.05) is 24.4 Å². The summed E-state index contributed by atoms with van der Waals surface area (Å²) in [6, 6.07) is 7.99. The van der Waals surface area contributed by atoms with Gasteiger partial charge >= 0.3 is 0 Å². The first-order valence-electron chi connectivity index (χ1n) is 8.01. The Bertz CT molecular complexity index is 631. The number of aromatic nitrogens is 1. The predicted molar refractivity (Wildman–Crippen MR) is 91.3 cm³/mol. The summed E-state index contributed by atoms with van der Waals surface area (Å²) in [5.41, 5.74) is 2.46. The molecule has 0 spiro atoms. The zero-order valence-electron chi connectivity index (χ0n) is 13.5. The van der Waals surface area contributed by atoms with E-state index in [0.29, 0.717) is 0 Å². The van der Waals surface area contributed by atoms with Gasteiger partial charge in [0, 0.05) is 37.9 Å². The van der Waals surface area contributed by atoms with Crippen LogP contribution in [0.25, 0.3) is 6.08 Å². The minimum atomic E-state index is 0.772. The van der Waals surface area contributed by atoms with Crippen molar-refractivity contribution in [2.75, 3.05) is 37.7 Å². The molecule has 5 heteroatoms. The molecule has 3 rings (SSSR count). The summed E-state index contributed by atoms with van der Waals surface area (Å²) < 4.78 is 10.8. The van der Waals surface area contributed by atoms with Gasteiger partial charge in [-0.15, -0.1) is 0 Å². The first-order valence-corrected chi connectivity index (χ1v) is 8.01. The molecule has 0 aromatic carbocycles. The van der Waals surface area contributed by atoms with Crippen LogP contribution in [0.1, 0.15) is 18.2 Å². The van der Waals surface area contributed by atoms with Crippen molar-refractivity contribution >= 4 is 11.9 Å². The van der Waals surface area contributed by atoms with E-state index in [1.54, 1.807) is 6.26 Å². The molecule has 5 nitrogen and oxygen atoms in total. The van der Waals surface area contributed by atoms with Crippen molar-refractivity contribution in [3.05, 3.63) is 53.6 Å². The molecule has 0 unspecified atom stereocenters. The molecule has 1 aliphatic rings. The molecule has 3 heterocycles. The molecule has 1 aliphatic heterocycles. The van der Waals surface area contributed by atoms with Crippen molar-refractivity contribution in [1.29, 1.82) is 0 Å². The second-order valence-corrected chi connectivity index (χ2v) is 5.70. The predicted octanol–water partition coefficient (Wildman–Crippen LogP) is 2.70. The van der Waals surface area contributed by atoms with Gasteiger partial charge < -0.3 is 19.4 Å². The van der Waals surface area contributed by atoms with Gasteiger partial charge in [0.05, 0.1) is 19.5 Å². The van der Waals surface area contributed by atoms with E-state index in [2.05, 4.69) is 34.3 Å². The maximum atomic E-state index is 5.42. The third-order valence-corrected chi connectivity index (χ3v) is 3.83. The van der Waals surface area contributed by atoms with Crippen LogP contribution in [0.2, 0.25) is 0 Å². The van der Waals surface area contributed by atoms with Gasteiger partial charge in [-0.05, 0) is 31.2 Å². The van der Waals surface area contributed by atoms with Crippen molar-refractivity contribution in [3.63, 3.8) is 0 Å². The lowest BCUT2D eigenvalue weighted by atomic mass is 10.2. The normalized spacial score (nSPS) is 15.9. The van der Waals surface area contributed by atoms with Crippen molar-refractivity contribution < 1.29 is 9.15 Å². The van der Waals surface area contributed by atoms with E-state index < -0.39 is 0 Å². The molecule has 0 amide bonds. The Hall–Kier alpha value is -2.11. The highest BCUT2D eigenvalue weighted by molar-refractivity contribution is 5.48. The van der Waals surface area contributed by atoms with E-state index in [-0.39, 0.29) is 0 Å². The van der Waals surface area contributed by atoms with Crippen LogP contribution in [-0.2, 0) is 11.3 Å². The van der Waals surface area contributed by atoms with Gasteiger partial charge in [0.2, 0.25) is 0 Å². The largest absolute Gasteiger partial charge is 0.465 e. The van der Waals surface area contributed by atoms with Crippen LogP contribution >= 0.6 is 0 Å². The molecule has 2 aromatic rings. The Morgan fingerprint density at radius 1 is 1.30 bits per heavy atom. The van der Waals surface area contributed by atoms with Gasteiger partial charge in [-0.3, -0.25) is 0 Å². The van der Waals surface area contributed by atoms with E-state index in [4.69, 9.17) is 9.15 Å². The van der Waals surface area contributed by atoms with Crippen LogP contribution < -0.4 is 10.2 Å². The summed E-state index contributed by atoms with van der Waals surface area (Å²) in [5, 5.41) is 3.49. The summed E-state index contributed by atoms with van der Waals surface area (Å²) in [4.78, 5) is 6.86. The number of anilines is 1. The number of nitrogens with one attached hydrogen (secondary N) is 1. The second-order valence-electron chi connectivity index (χ2n) is 5.70. The van der Waals surface area contributed by atoms with Crippen molar-refractivity contribution in [2.24, 2.45) is 0 Å². The lowest BCUT2D eigenvalue weighted by Gasteiger charge is -2.29. The first kappa shape index (κ1) is 15.8. The van der Waals surface area contributed by atoms with Gasteiger partial charge in [-0.2, -0.15) is 0 Å². The smallest absolute Gasteiger partial charge is 0.133 e. The Morgan fingerprint density at radius 3 is 2.96 bits per heavy atom. The number of ether oxygens (including phenoxy) is 1. The molecule has 2 aromatic heterocycles. The standard InChI is InChI=1S/C18H23N3O2/c1-15(12-17-5-3-9-23-17)13-19-14-16-4-2-6-20-18(16)21-7-10-22-11-8-21/h2-6,9,12,19H,7-8,10-11,13-14H2,1H3/b15-12+. The number of hydrogen-bond donors (Lipinski definition) is 1. The minimum Gasteiger partial charge on any atom is -0.465 e. The fourth-order valence-corrected chi connectivity index (χ4v) is 2.69. The van der Waals surface area contributed by atoms with Crippen molar-refractivity contribution in [2.45, 2.75) is 13.5 Å². The second kappa shape index (κ2) is 7.94. The fraction of sp³-hybridized carbons (Fsp3) is 0.389. The molecule has 0 aliphatic carbocycles. The summed E-state index contributed by atoms with van der Waals surface area (Å²) in [6.07, 6.45) is 5.60. The Kier molecular flexibility index (Phi) is 5.45. The van der Waals surface area contributed by atoms with Gasteiger partial charge in [0.25, 0.3) is 0 Å². The van der Waals surface area contributed by atoms with E-state index in [1.165, 1.54) is 11.1 Å². The van der Waals surface area contributed by atoms with Crippen LogP contribution in [0.3, 0.4) is 0 Å². The minimum absolute atomic E-state index is 0.772. The number of pyridine rings is 1. The third kappa shape index (κ3) is 4.43. The lowest BCUT2D eigenvalue weighted by molar-refractivity contribution is 0.122. The average molecular weight is 313 g/mol. The molecule has 0 atom stereocenters. The molecule has 1 fully saturated rings. The molecule has 0 saturated carbocycles. The average Bonchev–Trinajstić information content (AvgIpc) is 3.09. The van der Waals surface area contributed by atoms with E-state index in [0.717, 1.165) is 51.0 Å². The van der Waals surface area contributed by atoms with E-state index in [9.17, 15) is 0 Å². The third-order valence-electron chi connectivity index (χ3n) is 3.83. The highest BCUT2D eigenvalue weighted by Crippen LogP contribution is 2.18. The Balaban J connectivity index is 1.58. The fourth-order valence-electron chi connectivity index (χ4n) is 2.69. The number of furan rings is 1. The monoisotopic (exact) mass is 313 g/mol. The lowest BCUT2D eigenvalue weighted by Crippen LogP contribution is -2.37. The topological polar surface area (TPSA) is 50.5 Å². The Morgan fingerprint density at radius 2 is 2.17 bits per heavy atom. The zero-order valence-corrected chi connectivity index (χ0v) is 13.5. The zero-order chi connectivity index (χ0) is 15.9. The van der Waals surface area contributed by atoms with Crippen molar-refractivity contribution in [3.8, 4) is 0 Å². The maximum Gasteiger partial charge on any atom is 0.133 e. The molecular weight excluding hydrogens is 290 g/mol. The Labute approximate surface area is 137 Å². The number of nitrogens with zero attached hydrogens (tertiary/aromatic N) is 2. The first-order chi connectivity index (χ1) is 11.3. The molecule has 0 bridgehead atoms. The number of rotatable bonds is 6. The van der Waals surface area contributed by atoms with Gasteiger partial charge in [-0.1, -0.05) is 11.6 Å². The van der Waals surface area contributed by atoms with Crippen molar-refractivity contribution in [1.82, 2.24) is 10.3 Å². The van der Waals surface area contributed by atoms with Crippen LogP contribution in [-0.4, -0.2) is 37.8 Å². The summed E-state index contributed by atoms with van der Waals surface area (Å²) >= 11 is 0. The molecule has 1 saturated heterocycles. The highest BCUT2D eigenvalue weighted by Gasteiger charge is 2.15. The molecule has 122 valence electrons. The maximum absolute atomic E-state index is 5.42. The number of morpholine rings is 1. The molecular formula is C18H23N3O2. The van der Waals surface area contributed by atoms with Gasteiger partial charge in [0.15, 0.2) is 0 Å². The summed E-state index contributed by atoms with van der Waals surface area (Å²) in [7, 11) is 0. The van der Waals surface area contributed by atoms with Gasteiger partial charge in [-0.25, -0.2) is 4.98 Å². The van der Waals surface area contributed by atoms with Crippen LogP contribution in [0.4, 0.5) is 5.82 Å².